The van der Waals surface area contributed by atoms with E-state index >= 15 is 0 Å². The number of rotatable bonds is 6. The van der Waals surface area contributed by atoms with Crippen molar-refractivity contribution in [2.45, 2.75) is 25.2 Å². The fourth-order valence-corrected chi connectivity index (χ4v) is 3.08. The highest BCUT2D eigenvalue weighted by atomic mass is 35.5. The average Bonchev–Trinajstić information content (AvgIpc) is 2.27. The van der Waals surface area contributed by atoms with Gasteiger partial charge < -0.3 is 5.73 Å². The topological polar surface area (TPSA) is 72.2 Å². The van der Waals surface area contributed by atoms with Gasteiger partial charge >= 0.3 is 0 Å². The summed E-state index contributed by atoms with van der Waals surface area (Å²) < 4.78 is 26.6. The quantitative estimate of drug-likeness (QED) is 0.789. The molecule has 1 aromatic carbocycles. The van der Waals surface area contributed by atoms with Gasteiger partial charge in [-0.2, -0.15) is 0 Å². The van der Waals surface area contributed by atoms with Crippen LogP contribution in [0.2, 0.25) is 5.02 Å². The van der Waals surface area contributed by atoms with Crippen molar-refractivity contribution in [1.29, 1.82) is 0 Å². The zero-order chi connectivity index (χ0) is 14.6. The molecule has 0 aliphatic heterocycles. The molecule has 1 aromatic rings. The Hall–Kier alpha value is -0.690. The van der Waals surface area contributed by atoms with Crippen LogP contribution in [-0.2, 0) is 10.0 Å². The first-order chi connectivity index (χ1) is 8.74. The lowest BCUT2D eigenvalue weighted by Crippen LogP contribution is -2.25. The van der Waals surface area contributed by atoms with Crippen molar-refractivity contribution in [2.75, 3.05) is 6.54 Å². The zero-order valence-electron chi connectivity index (χ0n) is 10.8. The Morgan fingerprint density at radius 3 is 2.58 bits per heavy atom. The van der Waals surface area contributed by atoms with Crippen molar-refractivity contribution in [2.24, 2.45) is 11.7 Å². The molecule has 0 saturated carbocycles. The fraction of sp³-hybridized carbons (Fsp3) is 0.417. The van der Waals surface area contributed by atoms with Crippen LogP contribution in [0.15, 0.2) is 23.1 Å². The Kier molecular flexibility index (Phi) is 5.73. The number of nitrogens with one attached hydrogen (secondary N) is 1. The molecule has 0 aliphatic rings. The van der Waals surface area contributed by atoms with Crippen LogP contribution >= 0.6 is 23.8 Å². The molecule has 0 unspecified atom stereocenters. The number of sulfonamides is 1. The molecule has 0 radical (unpaired) electrons. The second kappa shape index (κ2) is 6.65. The summed E-state index contributed by atoms with van der Waals surface area (Å²) in [4.78, 5) is 0.253. The minimum Gasteiger partial charge on any atom is -0.389 e. The van der Waals surface area contributed by atoms with E-state index in [0.29, 0.717) is 18.0 Å². The molecule has 0 spiro atoms. The van der Waals surface area contributed by atoms with E-state index in [1.54, 1.807) is 0 Å². The van der Waals surface area contributed by atoms with Crippen LogP contribution in [0.5, 0.6) is 0 Å². The SMILES string of the molecule is CC(C)CCNS(=O)(=O)c1ccc(C(N)=S)c(Cl)c1. The normalized spacial score (nSPS) is 11.8. The third-order valence-corrected chi connectivity index (χ3v) is 4.52. The van der Waals surface area contributed by atoms with Gasteiger partial charge in [0.2, 0.25) is 10.0 Å². The minimum absolute atomic E-state index is 0.112. The molecule has 7 heteroatoms. The van der Waals surface area contributed by atoms with Crippen molar-refractivity contribution < 1.29 is 8.42 Å². The van der Waals surface area contributed by atoms with E-state index in [1.165, 1.54) is 18.2 Å². The number of thiocarbonyl (C=S) groups is 1. The number of halogens is 1. The molecule has 0 aliphatic carbocycles. The van der Waals surface area contributed by atoms with Gasteiger partial charge in [0.25, 0.3) is 0 Å². The van der Waals surface area contributed by atoms with Gasteiger partial charge in [0.1, 0.15) is 4.99 Å². The Morgan fingerprint density at radius 2 is 2.11 bits per heavy atom. The second-order valence-corrected chi connectivity index (χ2v) is 7.20. The summed E-state index contributed by atoms with van der Waals surface area (Å²) in [5.74, 6) is 0.434. The number of hydrogen-bond donors (Lipinski definition) is 2. The van der Waals surface area contributed by atoms with Gasteiger partial charge in [0.05, 0.1) is 9.92 Å². The second-order valence-electron chi connectivity index (χ2n) is 4.59. The number of nitrogens with two attached hydrogens (primary N) is 1. The summed E-state index contributed by atoms with van der Waals surface area (Å²) in [6, 6.07) is 4.31. The Labute approximate surface area is 124 Å². The summed E-state index contributed by atoms with van der Waals surface area (Å²) in [7, 11) is -3.54. The van der Waals surface area contributed by atoms with E-state index in [9.17, 15) is 8.42 Å². The van der Waals surface area contributed by atoms with Gasteiger partial charge in [0.15, 0.2) is 0 Å². The molecule has 0 fully saturated rings. The van der Waals surface area contributed by atoms with Crippen LogP contribution < -0.4 is 10.5 Å². The van der Waals surface area contributed by atoms with Crippen molar-refractivity contribution in [3.8, 4) is 0 Å². The van der Waals surface area contributed by atoms with Crippen LogP contribution in [0, 0.1) is 5.92 Å². The highest BCUT2D eigenvalue weighted by molar-refractivity contribution is 7.89. The highest BCUT2D eigenvalue weighted by Gasteiger charge is 2.15. The first-order valence-corrected chi connectivity index (χ1v) is 8.10. The summed E-state index contributed by atoms with van der Waals surface area (Å²) in [6.07, 6.45) is 0.776. The molecule has 4 nitrogen and oxygen atoms in total. The maximum Gasteiger partial charge on any atom is 0.240 e. The van der Waals surface area contributed by atoms with Crippen molar-refractivity contribution in [1.82, 2.24) is 4.72 Å². The van der Waals surface area contributed by atoms with Gasteiger partial charge in [-0.15, -0.1) is 0 Å². The van der Waals surface area contributed by atoms with Crippen LogP contribution in [0.1, 0.15) is 25.8 Å². The molecule has 0 aromatic heterocycles. The highest BCUT2D eigenvalue weighted by Crippen LogP contribution is 2.20. The Bertz CT molecular complexity index is 571. The van der Waals surface area contributed by atoms with E-state index in [0.717, 1.165) is 6.42 Å². The van der Waals surface area contributed by atoms with Crippen molar-refractivity contribution in [3.05, 3.63) is 28.8 Å². The third-order valence-electron chi connectivity index (χ3n) is 2.53. The zero-order valence-corrected chi connectivity index (χ0v) is 13.2. The first-order valence-electron chi connectivity index (χ1n) is 5.83. The monoisotopic (exact) mass is 320 g/mol. The summed E-state index contributed by atoms with van der Waals surface area (Å²) in [5.41, 5.74) is 5.94. The van der Waals surface area contributed by atoms with Crippen LogP contribution in [0.4, 0.5) is 0 Å². The molecule has 0 heterocycles. The van der Waals surface area contributed by atoms with Gasteiger partial charge in [-0.25, -0.2) is 13.1 Å². The molecule has 1 rings (SSSR count). The Morgan fingerprint density at radius 1 is 1.47 bits per heavy atom. The Balaban J connectivity index is 2.90. The molecular weight excluding hydrogens is 304 g/mol. The molecule has 3 N–H and O–H groups in total. The lowest BCUT2D eigenvalue weighted by Gasteiger charge is -2.10. The van der Waals surface area contributed by atoms with E-state index in [4.69, 9.17) is 29.6 Å². The van der Waals surface area contributed by atoms with Crippen LogP contribution in [-0.4, -0.2) is 20.0 Å². The predicted octanol–water partition coefficient (Wildman–Crippen LogP) is 2.30. The van der Waals surface area contributed by atoms with Gasteiger partial charge in [-0.1, -0.05) is 37.7 Å². The third kappa shape index (κ3) is 4.72. The smallest absolute Gasteiger partial charge is 0.240 e. The van der Waals surface area contributed by atoms with E-state index < -0.39 is 10.0 Å². The lowest BCUT2D eigenvalue weighted by molar-refractivity contribution is 0.551. The standard InChI is InChI=1S/C12H17ClN2O2S2/c1-8(2)5-6-15-19(16,17)9-3-4-10(12(14)18)11(13)7-9/h3-4,7-8,15H,5-6H2,1-2H3,(H2,14,18). The van der Waals surface area contributed by atoms with Crippen LogP contribution in [0.25, 0.3) is 0 Å². The molecule has 0 saturated heterocycles. The van der Waals surface area contributed by atoms with Gasteiger partial charge in [-0.3, -0.25) is 0 Å². The molecule has 0 amide bonds. The maximum atomic E-state index is 12.0. The molecule has 0 bridgehead atoms. The molecular formula is C12H17ClN2O2S2. The van der Waals surface area contributed by atoms with Crippen molar-refractivity contribution in [3.63, 3.8) is 0 Å². The minimum atomic E-state index is -3.54. The van der Waals surface area contributed by atoms with E-state index in [-0.39, 0.29) is 14.9 Å². The molecule has 0 atom stereocenters. The summed E-state index contributed by atoms with van der Waals surface area (Å²) in [5, 5.41) is 0.235. The van der Waals surface area contributed by atoms with Gasteiger partial charge in [-0.05, 0) is 30.5 Å². The number of benzene rings is 1. The fourth-order valence-electron chi connectivity index (χ4n) is 1.43. The molecule has 19 heavy (non-hydrogen) atoms. The summed E-state index contributed by atoms with van der Waals surface area (Å²) in [6.45, 7) is 4.46. The molecule has 106 valence electrons. The maximum absolute atomic E-state index is 12.0. The van der Waals surface area contributed by atoms with Crippen LogP contribution in [0.3, 0.4) is 0 Å². The van der Waals surface area contributed by atoms with E-state index in [2.05, 4.69) is 4.72 Å². The summed E-state index contributed by atoms with van der Waals surface area (Å²) >= 11 is 10.8. The average molecular weight is 321 g/mol. The predicted molar refractivity (Wildman–Crippen MR) is 82.0 cm³/mol. The first kappa shape index (κ1) is 16.4. The lowest BCUT2D eigenvalue weighted by atomic mass is 10.1. The largest absolute Gasteiger partial charge is 0.389 e. The number of hydrogen-bond acceptors (Lipinski definition) is 3. The van der Waals surface area contributed by atoms with E-state index in [1.807, 2.05) is 13.8 Å². The van der Waals surface area contributed by atoms with Gasteiger partial charge in [0, 0.05) is 12.1 Å². The van der Waals surface area contributed by atoms with Crippen molar-refractivity contribution >= 4 is 38.8 Å².